The van der Waals surface area contributed by atoms with Crippen molar-refractivity contribution in [3.63, 3.8) is 0 Å². The quantitative estimate of drug-likeness (QED) is 0.718. The molecule has 0 radical (unpaired) electrons. The summed E-state index contributed by atoms with van der Waals surface area (Å²) in [7, 11) is 2.15. The number of nitrogens with two attached hydrogens (primary N) is 1. The topological polar surface area (TPSA) is 58.8 Å². The van der Waals surface area contributed by atoms with Gasteiger partial charge in [-0.15, -0.1) is 0 Å². The molecule has 1 aliphatic heterocycles. The van der Waals surface area contributed by atoms with E-state index in [1.807, 2.05) is 0 Å². The number of hydrogen-bond acceptors (Lipinski definition) is 5. The molecular weight excluding hydrogens is 230 g/mol. The maximum Gasteiger partial charge on any atom is 0.325 e. The van der Waals surface area contributed by atoms with Gasteiger partial charge < -0.3 is 20.3 Å². The Labute approximate surface area is 110 Å². The molecule has 5 heteroatoms. The van der Waals surface area contributed by atoms with Crippen LogP contribution in [0.1, 0.15) is 26.7 Å². The molecule has 1 heterocycles. The van der Waals surface area contributed by atoms with Crippen molar-refractivity contribution in [2.45, 2.75) is 32.2 Å². The standard InChI is InChI=1S/C13H27N3O2/c1-4-18-12(17)13(2,14)6-9-16-8-5-7-15(3)10-11-16/h4-11,14H2,1-3H3. The number of likely N-dealkylation sites (N-methyl/N-ethyl adjacent to an activating group) is 1. The van der Waals surface area contributed by atoms with Crippen molar-refractivity contribution in [2.75, 3.05) is 46.4 Å². The molecule has 1 atom stereocenters. The fraction of sp³-hybridized carbons (Fsp3) is 0.923. The Morgan fingerprint density at radius 1 is 1.33 bits per heavy atom. The van der Waals surface area contributed by atoms with Crippen LogP contribution in [0.5, 0.6) is 0 Å². The van der Waals surface area contributed by atoms with E-state index < -0.39 is 5.54 Å². The molecule has 0 aliphatic carbocycles. The zero-order valence-electron chi connectivity index (χ0n) is 11.9. The van der Waals surface area contributed by atoms with Crippen molar-refractivity contribution >= 4 is 5.97 Å². The van der Waals surface area contributed by atoms with Crippen LogP contribution in [-0.4, -0.2) is 67.7 Å². The second-order valence-corrected chi connectivity index (χ2v) is 5.39. The molecule has 1 aliphatic rings. The van der Waals surface area contributed by atoms with E-state index in [1.54, 1.807) is 13.8 Å². The molecule has 106 valence electrons. The monoisotopic (exact) mass is 257 g/mol. The Bertz CT molecular complexity index is 269. The summed E-state index contributed by atoms with van der Waals surface area (Å²) >= 11 is 0. The molecule has 18 heavy (non-hydrogen) atoms. The molecule has 0 amide bonds. The van der Waals surface area contributed by atoms with Crippen molar-refractivity contribution < 1.29 is 9.53 Å². The summed E-state index contributed by atoms with van der Waals surface area (Å²) in [6.07, 6.45) is 1.83. The zero-order chi connectivity index (χ0) is 13.6. The first-order chi connectivity index (χ1) is 8.45. The Hall–Kier alpha value is -0.650. The number of hydrogen-bond donors (Lipinski definition) is 1. The molecular formula is C13H27N3O2. The van der Waals surface area contributed by atoms with Crippen LogP contribution in [0, 0.1) is 0 Å². The van der Waals surface area contributed by atoms with Gasteiger partial charge in [0.25, 0.3) is 0 Å². The van der Waals surface area contributed by atoms with Crippen LogP contribution in [0.25, 0.3) is 0 Å². The summed E-state index contributed by atoms with van der Waals surface area (Å²) in [5.74, 6) is -0.295. The van der Waals surface area contributed by atoms with Gasteiger partial charge in [-0.3, -0.25) is 4.79 Å². The van der Waals surface area contributed by atoms with Crippen molar-refractivity contribution in [1.29, 1.82) is 0 Å². The third kappa shape index (κ3) is 4.92. The fourth-order valence-corrected chi connectivity index (χ4v) is 2.11. The van der Waals surface area contributed by atoms with Gasteiger partial charge in [0.15, 0.2) is 0 Å². The van der Waals surface area contributed by atoms with Gasteiger partial charge in [0, 0.05) is 19.6 Å². The number of nitrogens with zero attached hydrogens (tertiary/aromatic N) is 2. The maximum absolute atomic E-state index is 11.7. The molecule has 1 rings (SSSR count). The molecule has 1 unspecified atom stereocenters. The second-order valence-electron chi connectivity index (χ2n) is 5.39. The van der Waals surface area contributed by atoms with Crippen molar-refractivity contribution in [2.24, 2.45) is 5.73 Å². The molecule has 0 saturated carbocycles. The highest BCUT2D eigenvalue weighted by atomic mass is 16.5. The second kappa shape index (κ2) is 7.07. The zero-order valence-corrected chi connectivity index (χ0v) is 11.9. The Morgan fingerprint density at radius 3 is 2.72 bits per heavy atom. The number of ether oxygens (including phenoxy) is 1. The average molecular weight is 257 g/mol. The molecule has 0 aromatic carbocycles. The van der Waals surface area contributed by atoms with Gasteiger partial charge in [0.1, 0.15) is 5.54 Å². The van der Waals surface area contributed by atoms with Gasteiger partial charge in [-0.2, -0.15) is 0 Å². The van der Waals surface area contributed by atoms with Crippen molar-refractivity contribution in [3.8, 4) is 0 Å². The fourth-order valence-electron chi connectivity index (χ4n) is 2.11. The van der Waals surface area contributed by atoms with Crippen molar-refractivity contribution in [3.05, 3.63) is 0 Å². The molecule has 2 N–H and O–H groups in total. The molecule has 5 nitrogen and oxygen atoms in total. The first-order valence-electron chi connectivity index (χ1n) is 6.82. The number of carbonyl (C=O) groups excluding carboxylic acids is 1. The smallest absolute Gasteiger partial charge is 0.325 e. The minimum Gasteiger partial charge on any atom is -0.465 e. The van der Waals surface area contributed by atoms with E-state index >= 15 is 0 Å². The largest absolute Gasteiger partial charge is 0.465 e. The molecule has 0 aromatic heterocycles. The van der Waals surface area contributed by atoms with Gasteiger partial charge in [0.05, 0.1) is 6.61 Å². The summed E-state index contributed by atoms with van der Waals surface area (Å²) in [5, 5.41) is 0. The van der Waals surface area contributed by atoms with Crippen LogP contribution >= 0.6 is 0 Å². The van der Waals surface area contributed by atoms with Crippen LogP contribution in [0.4, 0.5) is 0 Å². The summed E-state index contributed by atoms with van der Waals surface area (Å²) < 4.78 is 5.00. The maximum atomic E-state index is 11.7. The molecule has 0 spiro atoms. The van der Waals surface area contributed by atoms with E-state index in [4.69, 9.17) is 10.5 Å². The lowest BCUT2D eigenvalue weighted by molar-refractivity contribution is -0.149. The lowest BCUT2D eigenvalue weighted by Crippen LogP contribution is -2.48. The van der Waals surface area contributed by atoms with E-state index in [9.17, 15) is 4.79 Å². The van der Waals surface area contributed by atoms with E-state index in [2.05, 4.69) is 16.8 Å². The Balaban J connectivity index is 2.36. The van der Waals surface area contributed by atoms with E-state index in [0.29, 0.717) is 13.0 Å². The lowest BCUT2D eigenvalue weighted by Gasteiger charge is -2.26. The minimum atomic E-state index is -0.867. The van der Waals surface area contributed by atoms with Crippen molar-refractivity contribution in [1.82, 2.24) is 9.80 Å². The SMILES string of the molecule is CCOC(=O)C(C)(N)CCN1CCCN(C)CC1. The normalized spacial score (nSPS) is 22.2. The van der Waals surface area contributed by atoms with Crippen LogP contribution in [0.3, 0.4) is 0 Å². The van der Waals surface area contributed by atoms with Gasteiger partial charge in [0.2, 0.25) is 0 Å². The predicted molar refractivity (Wildman–Crippen MR) is 72.4 cm³/mol. The average Bonchev–Trinajstić information content (AvgIpc) is 2.52. The molecule has 1 saturated heterocycles. The van der Waals surface area contributed by atoms with E-state index in [1.165, 1.54) is 6.42 Å². The molecule has 0 aromatic rings. The summed E-state index contributed by atoms with van der Waals surface area (Å²) in [4.78, 5) is 16.4. The van der Waals surface area contributed by atoms with Crippen LogP contribution in [0.2, 0.25) is 0 Å². The highest BCUT2D eigenvalue weighted by molar-refractivity contribution is 5.79. The van der Waals surface area contributed by atoms with Crippen LogP contribution in [-0.2, 0) is 9.53 Å². The van der Waals surface area contributed by atoms with Crippen LogP contribution < -0.4 is 5.73 Å². The third-order valence-corrected chi connectivity index (χ3v) is 3.50. The third-order valence-electron chi connectivity index (χ3n) is 3.50. The van der Waals surface area contributed by atoms with Gasteiger partial charge in [-0.05, 0) is 46.8 Å². The van der Waals surface area contributed by atoms with Gasteiger partial charge in [-0.1, -0.05) is 0 Å². The molecule has 1 fully saturated rings. The highest BCUT2D eigenvalue weighted by Crippen LogP contribution is 2.11. The van der Waals surface area contributed by atoms with Gasteiger partial charge >= 0.3 is 5.97 Å². The van der Waals surface area contributed by atoms with Crippen LogP contribution in [0.15, 0.2) is 0 Å². The number of rotatable bonds is 5. The number of carbonyl (C=O) groups is 1. The summed E-state index contributed by atoms with van der Waals surface area (Å²) in [6, 6.07) is 0. The predicted octanol–water partition coefficient (Wildman–Crippen LogP) is 0.295. The highest BCUT2D eigenvalue weighted by Gasteiger charge is 2.30. The van der Waals surface area contributed by atoms with E-state index in [-0.39, 0.29) is 5.97 Å². The number of esters is 1. The first kappa shape index (κ1) is 15.4. The minimum absolute atomic E-state index is 0.295. The summed E-state index contributed by atoms with van der Waals surface area (Å²) in [6.45, 7) is 9.18. The summed E-state index contributed by atoms with van der Waals surface area (Å²) in [5.41, 5.74) is 5.15. The molecule has 0 bridgehead atoms. The lowest BCUT2D eigenvalue weighted by atomic mass is 9.99. The first-order valence-corrected chi connectivity index (χ1v) is 6.82. The Kier molecular flexibility index (Phi) is 6.05. The Morgan fingerprint density at radius 2 is 2.06 bits per heavy atom. The van der Waals surface area contributed by atoms with E-state index in [0.717, 1.165) is 32.7 Å². The van der Waals surface area contributed by atoms with Gasteiger partial charge in [-0.25, -0.2) is 0 Å².